The molecule has 36 heavy (non-hydrogen) atoms. The number of fused-ring (bicyclic) bond motifs is 1. The molecule has 13 heteroatoms. The molecule has 2 amide bonds. The fraction of sp³-hybridized carbons (Fsp3) is 0.130. The SMILES string of the molecule is Cc1c(NC(=O)c2cc(C(N)=O)nc3cc(F)ccc23)c(C(F)(F)F)nn1Cc1ccc(C#N)cn1. The Bertz CT molecular complexity index is 1550. The van der Waals surface area contributed by atoms with Gasteiger partial charge in [-0.1, -0.05) is 0 Å². The molecule has 0 unspecified atom stereocenters. The molecule has 0 spiro atoms. The van der Waals surface area contributed by atoms with Crippen molar-refractivity contribution in [1.82, 2.24) is 19.7 Å². The van der Waals surface area contributed by atoms with E-state index in [-0.39, 0.29) is 40.0 Å². The van der Waals surface area contributed by atoms with Crippen LogP contribution < -0.4 is 11.1 Å². The van der Waals surface area contributed by atoms with Crippen molar-refractivity contribution >= 4 is 28.4 Å². The van der Waals surface area contributed by atoms with Gasteiger partial charge in [0, 0.05) is 17.6 Å². The van der Waals surface area contributed by atoms with Crippen LogP contribution in [0.1, 0.15) is 43.5 Å². The summed E-state index contributed by atoms with van der Waals surface area (Å²) in [6, 6.07) is 9.07. The Labute approximate surface area is 200 Å². The molecule has 1 aromatic carbocycles. The van der Waals surface area contributed by atoms with Gasteiger partial charge in [0.25, 0.3) is 11.8 Å². The average Bonchev–Trinajstić information content (AvgIpc) is 3.13. The maximum absolute atomic E-state index is 13.8. The van der Waals surface area contributed by atoms with Crippen LogP contribution in [-0.4, -0.2) is 31.6 Å². The number of hydrogen-bond acceptors (Lipinski definition) is 6. The van der Waals surface area contributed by atoms with Gasteiger partial charge in [0.05, 0.1) is 40.3 Å². The third kappa shape index (κ3) is 4.69. The molecule has 0 radical (unpaired) electrons. The maximum Gasteiger partial charge on any atom is 0.437 e. The summed E-state index contributed by atoms with van der Waals surface area (Å²) < 4.78 is 56.1. The third-order valence-electron chi connectivity index (χ3n) is 5.25. The zero-order chi connectivity index (χ0) is 26.2. The molecule has 3 N–H and O–H groups in total. The zero-order valence-corrected chi connectivity index (χ0v) is 18.4. The lowest BCUT2D eigenvalue weighted by molar-refractivity contribution is -0.140. The van der Waals surface area contributed by atoms with E-state index in [0.29, 0.717) is 5.69 Å². The number of amides is 2. The number of carbonyl (C=O) groups is 2. The Morgan fingerprint density at radius 2 is 1.94 bits per heavy atom. The van der Waals surface area contributed by atoms with Crippen molar-refractivity contribution in [2.75, 3.05) is 5.32 Å². The van der Waals surface area contributed by atoms with Gasteiger partial charge in [-0.05, 0) is 37.3 Å². The van der Waals surface area contributed by atoms with E-state index in [0.717, 1.165) is 22.9 Å². The molecular formula is C23H15F4N7O2. The van der Waals surface area contributed by atoms with Gasteiger partial charge in [-0.2, -0.15) is 23.5 Å². The van der Waals surface area contributed by atoms with Gasteiger partial charge in [0.1, 0.15) is 17.6 Å². The van der Waals surface area contributed by atoms with E-state index in [1.54, 1.807) is 0 Å². The number of anilines is 1. The largest absolute Gasteiger partial charge is 0.437 e. The van der Waals surface area contributed by atoms with Gasteiger partial charge >= 0.3 is 6.18 Å². The molecule has 0 aliphatic rings. The van der Waals surface area contributed by atoms with Crippen molar-refractivity contribution < 1.29 is 27.2 Å². The molecule has 4 aromatic rings. The molecule has 0 saturated heterocycles. The van der Waals surface area contributed by atoms with Gasteiger partial charge in [0.15, 0.2) is 5.69 Å². The Kier molecular flexibility index (Phi) is 6.11. The number of alkyl halides is 3. The standard InChI is InChI=1S/C23H15F4N7O2/c1-11-19(20(23(25,26)27)33-34(11)10-14-4-2-12(8-28)9-30-14)32-22(36)16-7-18(21(29)35)31-17-6-13(24)3-5-15(16)17/h2-7,9H,10H2,1H3,(H2,29,35)(H,32,36). The number of nitrogens with zero attached hydrogens (tertiary/aromatic N) is 5. The number of pyridine rings is 2. The molecule has 3 heterocycles. The minimum atomic E-state index is -4.92. The normalized spacial score (nSPS) is 11.3. The van der Waals surface area contributed by atoms with E-state index in [9.17, 15) is 27.2 Å². The van der Waals surface area contributed by atoms with Crippen molar-refractivity contribution in [2.24, 2.45) is 5.73 Å². The van der Waals surface area contributed by atoms with Crippen LogP contribution in [0.4, 0.5) is 23.2 Å². The number of nitrogens with one attached hydrogen (secondary N) is 1. The highest BCUT2D eigenvalue weighted by Gasteiger charge is 2.39. The highest BCUT2D eigenvalue weighted by Crippen LogP contribution is 2.36. The average molecular weight is 497 g/mol. The number of hydrogen-bond donors (Lipinski definition) is 2. The van der Waals surface area contributed by atoms with Crippen molar-refractivity contribution in [3.05, 3.63) is 82.3 Å². The van der Waals surface area contributed by atoms with Crippen LogP contribution in [0.15, 0.2) is 42.6 Å². The Morgan fingerprint density at radius 1 is 1.19 bits per heavy atom. The van der Waals surface area contributed by atoms with Gasteiger partial charge in [-0.25, -0.2) is 9.37 Å². The fourth-order valence-electron chi connectivity index (χ4n) is 3.48. The first-order valence-electron chi connectivity index (χ1n) is 10.2. The van der Waals surface area contributed by atoms with E-state index in [2.05, 4.69) is 20.4 Å². The van der Waals surface area contributed by atoms with Crippen LogP contribution >= 0.6 is 0 Å². The number of nitrogens with two attached hydrogens (primary N) is 1. The van der Waals surface area contributed by atoms with Crippen LogP contribution in [0.25, 0.3) is 10.9 Å². The van der Waals surface area contributed by atoms with Crippen LogP contribution in [0.3, 0.4) is 0 Å². The van der Waals surface area contributed by atoms with Gasteiger partial charge in [-0.3, -0.25) is 19.3 Å². The third-order valence-corrected chi connectivity index (χ3v) is 5.25. The first-order chi connectivity index (χ1) is 17.0. The van der Waals surface area contributed by atoms with Crippen molar-refractivity contribution in [3.8, 4) is 6.07 Å². The number of benzene rings is 1. The van der Waals surface area contributed by atoms with Crippen LogP contribution in [0.2, 0.25) is 0 Å². The molecule has 0 atom stereocenters. The Morgan fingerprint density at radius 3 is 2.56 bits per heavy atom. The lowest BCUT2D eigenvalue weighted by atomic mass is 10.1. The summed E-state index contributed by atoms with van der Waals surface area (Å²) in [6.45, 7) is 1.16. The minimum Gasteiger partial charge on any atom is -0.364 e. The zero-order valence-electron chi connectivity index (χ0n) is 18.4. The van der Waals surface area contributed by atoms with Crippen molar-refractivity contribution in [1.29, 1.82) is 5.26 Å². The highest BCUT2D eigenvalue weighted by molar-refractivity contribution is 6.14. The lowest BCUT2D eigenvalue weighted by Gasteiger charge is -2.11. The number of aromatic nitrogens is 4. The molecular weight excluding hydrogens is 482 g/mol. The Balaban J connectivity index is 1.76. The minimum absolute atomic E-state index is 0.0265. The van der Waals surface area contributed by atoms with E-state index in [1.165, 1.54) is 31.3 Å². The summed E-state index contributed by atoms with van der Waals surface area (Å²) in [4.78, 5) is 32.7. The molecule has 0 saturated carbocycles. The molecule has 182 valence electrons. The molecule has 0 bridgehead atoms. The monoisotopic (exact) mass is 497 g/mol. The second-order valence-corrected chi connectivity index (χ2v) is 7.65. The number of halogens is 4. The van der Waals surface area contributed by atoms with Crippen molar-refractivity contribution in [3.63, 3.8) is 0 Å². The summed E-state index contributed by atoms with van der Waals surface area (Å²) in [5, 5.41) is 14.8. The van der Waals surface area contributed by atoms with Gasteiger partial charge in [0.2, 0.25) is 0 Å². The van der Waals surface area contributed by atoms with E-state index >= 15 is 0 Å². The van der Waals surface area contributed by atoms with Crippen molar-refractivity contribution in [2.45, 2.75) is 19.6 Å². The molecule has 0 fully saturated rings. The number of carbonyl (C=O) groups excluding carboxylic acids is 2. The topological polar surface area (TPSA) is 140 Å². The predicted octanol–water partition coefficient (Wildman–Crippen LogP) is 3.56. The van der Waals surface area contributed by atoms with Crippen LogP contribution in [0.5, 0.6) is 0 Å². The molecule has 0 aliphatic carbocycles. The summed E-state index contributed by atoms with van der Waals surface area (Å²) in [5.41, 5.74) is 3.21. The first kappa shape index (κ1) is 24.3. The summed E-state index contributed by atoms with van der Waals surface area (Å²) in [5.74, 6) is -2.72. The molecule has 9 nitrogen and oxygen atoms in total. The van der Waals surface area contributed by atoms with E-state index < -0.39 is 35.2 Å². The fourth-order valence-corrected chi connectivity index (χ4v) is 3.48. The van der Waals surface area contributed by atoms with Crippen LogP contribution in [-0.2, 0) is 12.7 Å². The Hall–Kier alpha value is -4.86. The molecule has 0 aliphatic heterocycles. The lowest BCUT2D eigenvalue weighted by Crippen LogP contribution is -2.19. The second-order valence-electron chi connectivity index (χ2n) is 7.65. The summed E-state index contributed by atoms with van der Waals surface area (Å²) in [7, 11) is 0. The highest BCUT2D eigenvalue weighted by atomic mass is 19.4. The summed E-state index contributed by atoms with van der Waals surface area (Å²) >= 11 is 0. The van der Waals surface area contributed by atoms with E-state index in [1.807, 2.05) is 6.07 Å². The summed E-state index contributed by atoms with van der Waals surface area (Å²) in [6.07, 6.45) is -3.65. The molecule has 3 aromatic heterocycles. The quantitative estimate of drug-likeness (QED) is 0.404. The second kappa shape index (κ2) is 9.06. The maximum atomic E-state index is 13.8. The smallest absolute Gasteiger partial charge is 0.364 e. The molecule has 4 rings (SSSR count). The van der Waals surface area contributed by atoms with Gasteiger partial charge < -0.3 is 11.1 Å². The predicted molar refractivity (Wildman–Crippen MR) is 118 cm³/mol. The first-order valence-corrected chi connectivity index (χ1v) is 10.2. The van der Waals surface area contributed by atoms with E-state index in [4.69, 9.17) is 11.0 Å². The number of nitriles is 1. The number of rotatable bonds is 5. The van der Waals surface area contributed by atoms with Crippen LogP contribution in [0, 0.1) is 24.1 Å². The number of primary amides is 1. The van der Waals surface area contributed by atoms with Gasteiger partial charge in [-0.15, -0.1) is 0 Å².